The molecule has 1 N–H and O–H groups in total. The van der Waals surface area contributed by atoms with Crippen molar-refractivity contribution in [2.24, 2.45) is 5.41 Å². The van der Waals surface area contributed by atoms with Gasteiger partial charge in [0.1, 0.15) is 11.9 Å². The number of allylic oxidation sites excluding steroid dienone is 1. The maximum absolute atomic E-state index is 14.6. The molecule has 0 amide bonds. The summed E-state index contributed by atoms with van der Waals surface area (Å²) in [5.74, 6) is 0.880. The Morgan fingerprint density at radius 1 is 1.24 bits per heavy atom. The Labute approximate surface area is 169 Å². The number of halogens is 1. The van der Waals surface area contributed by atoms with E-state index in [0.29, 0.717) is 23.6 Å². The zero-order chi connectivity index (χ0) is 20.6. The molecular formula is C22H24FN5O. The van der Waals surface area contributed by atoms with Crippen LogP contribution in [0, 0.1) is 5.41 Å². The van der Waals surface area contributed by atoms with Crippen LogP contribution >= 0.6 is 0 Å². The molecule has 1 aliphatic rings. The molecule has 4 rings (SSSR count). The molecule has 7 heteroatoms. The SMILES string of the molecule is CC[C@@]1(C)C=C[C@H](F)[C@@H](N(C)c2cnc(-c3cc4ccncc4cc3O)nn2)C1. The molecule has 0 saturated carbocycles. The van der Waals surface area contributed by atoms with Crippen molar-refractivity contribution in [1.82, 2.24) is 20.2 Å². The van der Waals surface area contributed by atoms with Gasteiger partial charge >= 0.3 is 0 Å². The van der Waals surface area contributed by atoms with Crippen molar-refractivity contribution >= 4 is 16.6 Å². The van der Waals surface area contributed by atoms with Crippen molar-refractivity contribution in [2.45, 2.75) is 38.9 Å². The second-order valence-corrected chi connectivity index (χ2v) is 7.93. The van der Waals surface area contributed by atoms with E-state index in [4.69, 9.17) is 0 Å². The normalized spacial score (nSPS) is 24.0. The molecular weight excluding hydrogens is 369 g/mol. The molecule has 6 nitrogen and oxygen atoms in total. The van der Waals surface area contributed by atoms with E-state index >= 15 is 0 Å². The highest BCUT2D eigenvalue weighted by atomic mass is 19.1. The topological polar surface area (TPSA) is 75.0 Å². The maximum Gasteiger partial charge on any atom is 0.185 e. The van der Waals surface area contributed by atoms with Gasteiger partial charge in [-0.1, -0.05) is 26.0 Å². The number of aromatic nitrogens is 4. The van der Waals surface area contributed by atoms with Gasteiger partial charge in [0, 0.05) is 24.8 Å². The molecule has 1 aliphatic carbocycles. The average molecular weight is 393 g/mol. The van der Waals surface area contributed by atoms with Gasteiger partial charge in [0.05, 0.1) is 17.8 Å². The van der Waals surface area contributed by atoms with E-state index in [1.807, 2.05) is 25.3 Å². The minimum Gasteiger partial charge on any atom is -0.507 e. The lowest BCUT2D eigenvalue weighted by Gasteiger charge is -2.39. The lowest BCUT2D eigenvalue weighted by Crippen LogP contribution is -2.44. The van der Waals surface area contributed by atoms with Crippen molar-refractivity contribution in [3.8, 4) is 17.1 Å². The number of hydrogen-bond donors (Lipinski definition) is 1. The van der Waals surface area contributed by atoms with Crippen molar-refractivity contribution in [3.05, 3.63) is 48.9 Å². The minimum absolute atomic E-state index is 0.0337. The third-order valence-corrected chi connectivity index (χ3v) is 5.94. The summed E-state index contributed by atoms with van der Waals surface area (Å²) < 4.78 is 14.6. The number of alkyl halides is 1. The first-order valence-electron chi connectivity index (χ1n) is 9.73. The quantitative estimate of drug-likeness (QED) is 0.666. The predicted molar refractivity (Wildman–Crippen MR) is 111 cm³/mol. The zero-order valence-electron chi connectivity index (χ0n) is 16.7. The number of pyridine rings is 1. The standard InChI is InChI=1S/C22H24FN5O/c1-4-22(2)7-5-17(23)18(11-22)28(3)20-13-25-21(27-26-20)16-9-14-6-8-24-12-15(14)10-19(16)29/h5-10,12-13,17-18,29H,4,11H2,1-3H3/t17-,18-,22-/m0/s1. The molecule has 150 valence electrons. The van der Waals surface area contributed by atoms with Crippen LogP contribution in [0.15, 0.2) is 48.9 Å². The number of anilines is 1. The van der Waals surface area contributed by atoms with Gasteiger partial charge in [0.15, 0.2) is 11.6 Å². The van der Waals surface area contributed by atoms with Crippen LogP contribution in [-0.2, 0) is 0 Å². The largest absolute Gasteiger partial charge is 0.507 e. The fraction of sp³-hybridized carbons (Fsp3) is 0.364. The molecule has 2 heterocycles. The summed E-state index contributed by atoms with van der Waals surface area (Å²) in [5.41, 5.74) is 0.460. The number of rotatable bonds is 4. The number of phenols is 1. The van der Waals surface area contributed by atoms with Gasteiger partial charge in [-0.15, -0.1) is 10.2 Å². The summed E-state index contributed by atoms with van der Waals surface area (Å²) in [5, 5.41) is 20.6. The first-order valence-corrected chi connectivity index (χ1v) is 9.73. The molecule has 1 aromatic carbocycles. The van der Waals surface area contributed by atoms with E-state index in [1.165, 1.54) is 0 Å². The van der Waals surface area contributed by atoms with Crippen LogP contribution in [0.5, 0.6) is 5.75 Å². The Morgan fingerprint density at radius 2 is 2.07 bits per heavy atom. The highest BCUT2D eigenvalue weighted by molar-refractivity contribution is 5.88. The summed E-state index contributed by atoms with van der Waals surface area (Å²) in [6.45, 7) is 4.25. The number of fused-ring (bicyclic) bond motifs is 1. The van der Waals surface area contributed by atoms with Gasteiger partial charge in [0.25, 0.3) is 0 Å². The second kappa shape index (κ2) is 7.39. The van der Waals surface area contributed by atoms with Gasteiger partial charge in [-0.2, -0.15) is 0 Å². The molecule has 3 aromatic rings. The van der Waals surface area contributed by atoms with Crippen LogP contribution in [-0.4, -0.2) is 44.5 Å². The summed E-state index contributed by atoms with van der Waals surface area (Å²) in [6, 6.07) is 4.97. The highest BCUT2D eigenvalue weighted by Crippen LogP contribution is 2.37. The molecule has 0 unspecified atom stereocenters. The number of benzene rings is 1. The van der Waals surface area contributed by atoms with Crippen LogP contribution in [0.4, 0.5) is 10.2 Å². The fourth-order valence-corrected chi connectivity index (χ4v) is 3.75. The first-order chi connectivity index (χ1) is 13.9. The number of phenolic OH excluding ortho intramolecular Hbond substituents is 1. The summed E-state index contributed by atoms with van der Waals surface area (Å²) >= 11 is 0. The van der Waals surface area contributed by atoms with Crippen molar-refractivity contribution in [2.75, 3.05) is 11.9 Å². The number of nitrogens with zero attached hydrogens (tertiary/aromatic N) is 5. The van der Waals surface area contributed by atoms with E-state index in [-0.39, 0.29) is 17.2 Å². The summed E-state index contributed by atoms with van der Waals surface area (Å²) in [6.07, 6.45) is 9.15. The summed E-state index contributed by atoms with van der Waals surface area (Å²) in [7, 11) is 1.82. The van der Waals surface area contributed by atoms with Crippen molar-refractivity contribution < 1.29 is 9.50 Å². The third kappa shape index (κ3) is 3.64. The van der Waals surface area contributed by atoms with Crippen LogP contribution in [0.3, 0.4) is 0 Å². The first kappa shape index (κ1) is 19.2. The second-order valence-electron chi connectivity index (χ2n) is 7.93. The molecule has 0 saturated heterocycles. The maximum atomic E-state index is 14.6. The lowest BCUT2D eigenvalue weighted by atomic mass is 9.75. The number of hydrogen-bond acceptors (Lipinski definition) is 6. The molecule has 0 bridgehead atoms. The third-order valence-electron chi connectivity index (χ3n) is 5.94. The highest BCUT2D eigenvalue weighted by Gasteiger charge is 2.35. The van der Waals surface area contributed by atoms with Crippen LogP contribution in [0.25, 0.3) is 22.2 Å². The average Bonchev–Trinajstić information content (AvgIpc) is 2.75. The van der Waals surface area contributed by atoms with E-state index in [1.54, 1.807) is 35.6 Å². The Kier molecular flexibility index (Phi) is 4.90. The zero-order valence-corrected chi connectivity index (χ0v) is 16.7. The van der Waals surface area contributed by atoms with Crippen LogP contribution < -0.4 is 4.90 Å². The Morgan fingerprint density at radius 3 is 2.79 bits per heavy atom. The molecule has 3 atom stereocenters. The van der Waals surface area contributed by atoms with Gasteiger partial charge < -0.3 is 10.0 Å². The fourth-order valence-electron chi connectivity index (χ4n) is 3.75. The van der Waals surface area contributed by atoms with Gasteiger partial charge in [-0.25, -0.2) is 9.37 Å². The van der Waals surface area contributed by atoms with Crippen molar-refractivity contribution in [3.63, 3.8) is 0 Å². The van der Waals surface area contributed by atoms with Crippen LogP contribution in [0.2, 0.25) is 0 Å². The van der Waals surface area contributed by atoms with Gasteiger partial charge in [0.2, 0.25) is 0 Å². The predicted octanol–water partition coefficient (Wildman–Crippen LogP) is 4.31. The van der Waals surface area contributed by atoms with E-state index < -0.39 is 6.17 Å². The van der Waals surface area contributed by atoms with E-state index in [9.17, 15) is 9.50 Å². The molecule has 0 aliphatic heterocycles. The molecule has 0 fully saturated rings. The van der Waals surface area contributed by atoms with Gasteiger partial charge in [-0.05, 0) is 41.8 Å². The monoisotopic (exact) mass is 393 g/mol. The van der Waals surface area contributed by atoms with Gasteiger partial charge in [-0.3, -0.25) is 4.98 Å². The Bertz CT molecular complexity index is 1050. The summed E-state index contributed by atoms with van der Waals surface area (Å²) in [4.78, 5) is 10.2. The van der Waals surface area contributed by atoms with Crippen molar-refractivity contribution in [1.29, 1.82) is 0 Å². The Hall–Kier alpha value is -3.09. The number of aromatic hydroxyl groups is 1. The van der Waals surface area contributed by atoms with Crippen LogP contribution in [0.1, 0.15) is 26.7 Å². The lowest BCUT2D eigenvalue weighted by molar-refractivity contribution is 0.232. The molecule has 0 spiro atoms. The molecule has 2 aromatic heterocycles. The van der Waals surface area contributed by atoms with E-state index in [2.05, 4.69) is 34.0 Å². The molecule has 29 heavy (non-hydrogen) atoms. The molecule has 0 radical (unpaired) electrons. The smallest absolute Gasteiger partial charge is 0.185 e. The Balaban J connectivity index is 1.61. The minimum atomic E-state index is -1.07. The van der Waals surface area contributed by atoms with E-state index in [0.717, 1.165) is 17.2 Å².